The molecule has 0 aliphatic heterocycles. The van der Waals surface area contributed by atoms with Crippen LogP contribution in [0.1, 0.15) is 26.7 Å². The van der Waals surface area contributed by atoms with Crippen LogP contribution in [0.15, 0.2) is 18.3 Å². The van der Waals surface area contributed by atoms with Crippen molar-refractivity contribution in [3.8, 4) is 0 Å². The number of carboxylic acid groups (broad SMARTS) is 1. The van der Waals surface area contributed by atoms with E-state index in [0.717, 1.165) is 0 Å². The molecule has 1 rings (SSSR count). The van der Waals surface area contributed by atoms with Crippen LogP contribution >= 0.6 is 0 Å². The minimum absolute atomic E-state index is 0.0249. The van der Waals surface area contributed by atoms with Crippen LogP contribution in [0.25, 0.3) is 0 Å². The third-order valence-electron chi connectivity index (χ3n) is 3.09. The molecule has 0 radical (unpaired) electrons. The third-order valence-corrected chi connectivity index (χ3v) is 3.09. The molecule has 0 aliphatic rings. The molecule has 1 atom stereocenters. The number of rotatable bonds is 9. The summed E-state index contributed by atoms with van der Waals surface area (Å²) in [7, 11) is 0. The summed E-state index contributed by atoms with van der Waals surface area (Å²) in [6, 6.07) is 2.03. The molecule has 0 saturated heterocycles. The van der Waals surface area contributed by atoms with Gasteiger partial charge in [-0.2, -0.15) is 0 Å². The van der Waals surface area contributed by atoms with Crippen molar-refractivity contribution in [1.82, 2.24) is 10.3 Å². The second kappa shape index (κ2) is 8.66. The van der Waals surface area contributed by atoms with E-state index in [9.17, 15) is 19.7 Å². The number of hydrogen-bond donors (Lipinski definition) is 3. The van der Waals surface area contributed by atoms with Crippen molar-refractivity contribution in [2.75, 3.05) is 11.9 Å². The van der Waals surface area contributed by atoms with Crippen LogP contribution < -0.4 is 10.6 Å². The molecule has 23 heavy (non-hydrogen) atoms. The molecule has 0 saturated carbocycles. The van der Waals surface area contributed by atoms with E-state index in [2.05, 4.69) is 15.6 Å². The number of anilines is 1. The summed E-state index contributed by atoms with van der Waals surface area (Å²) in [6.07, 6.45) is 1.68. The minimum atomic E-state index is -0.929. The van der Waals surface area contributed by atoms with Gasteiger partial charge in [0.2, 0.25) is 11.7 Å². The molecule has 3 N–H and O–H groups in total. The van der Waals surface area contributed by atoms with Crippen molar-refractivity contribution in [2.24, 2.45) is 5.92 Å². The van der Waals surface area contributed by atoms with Gasteiger partial charge in [0.05, 0.1) is 4.92 Å². The first kappa shape index (κ1) is 18.3. The normalized spacial score (nSPS) is 11.8. The van der Waals surface area contributed by atoms with Crippen molar-refractivity contribution < 1.29 is 19.6 Å². The number of carboxylic acids is 1. The summed E-state index contributed by atoms with van der Waals surface area (Å²) in [5, 5.41) is 25.0. The first-order valence-corrected chi connectivity index (χ1v) is 7.18. The van der Waals surface area contributed by atoms with Gasteiger partial charge in [-0.1, -0.05) is 13.8 Å². The Morgan fingerprint density at radius 2 is 2.13 bits per heavy atom. The number of aliphatic carboxylic acids is 1. The summed E-state index contributed by atoms with van der Waals surface area (Å²) in [5.74, 6) is -1.40. The van der Waals surface area contributed by atoms with Crippen LogP contribution in [0.5, 0.6) is 0 Å². The Labute approximate surface area is 133 Å². The van der Waals surface area contributed by atoms with E-state index >= 15 is 0 Å². The maximum absolute atomic E-state index is 12.2. The fraction of sp³-hybridized carbons (Fsp3) is 0.500. The maximum Gasteiger partial charge on any atom is 0.311 e. The third kappa shape index (κ3) is 5.89. The van der Waals surface area contributed by atoms with Crippen LogP contribution in [-0.2, 0) is 9.59 Å². The SMILES string of the molecule is CC(C)C(Nc1ncccc1[N+](=O)[O-])C(=O)NCCCC(=O)O. The van der Waals surface area contributed by atoms with E-state index < -0.39 is 16.9 Å². The molecule has 126 valence electrons. The lowest BCUT2D eigenvalue weighted by Gasteiger charge is -2.22. The number of carbonyl (C=O) groups is 2. The smallest absolute Gasteiger partial charge is 0.311 e. The number of amides is 1. The summed E-state index contributed by atoms with van der Waals surface area (Å²) in [4.78, 5) is 37.0. The van der Waals surface area contributed by atoms with Crippen molar-refractivity contribution in [3.05, 3.63) is 28.4 Å². The average Bonchev–Trinajstić information content (AvgIpc) is 2.48. The summed E-state index contributed by atoms with van der Waals surface area (Å²) < 4.78 is 0. The lowest BCUT2D eigenvalue weighted by atomic mass is 10.0. The highest BCUT2D eigenvalue weighted by Gasteiger charge is 2.25. The number of pyridine rings is 1. The van der Waals surface area contributed by atoms with Gasteiger partial charge in [0, 0.05) is 25.2 Å². The topological polar surface area (TPSA) is 134 Å². The minimum Gasteiger partial charge on any atom is -0.481 e. The first-order valence-electron chi connectivity index (χ1n) is 7.18. The highest BCUT2D eigenvalue weighted by Crippen LogP contribution is 2.22. The van der Waals surface area contributed by atoms with Gasteiger partial charge in [-0.3, -0.25) is 19.7 Å². The maximum atomic E-state index is 12.2. The Hall–Kier alpha value is -2.71. The zero-order chi connectivity index (χ0) is 17.4. The second-order valence-corrected chi connectivity index (χ2v) is 5.28. The molecule has 0 fully saturated rings. The Morgan fingerprint density at radius 1 is 1.43 bits per heavy atom. The van der Waals surface area contributed by atoms with Gasteiger partial charge in [-0.15, -0.1) is 0 Å². The zero-order valence-corrected chi connectivity index (χ0v) is 13.0. The highest BCUT2D eigenvalue weighted by molar-refractivity contribution is 5.85. The van der Waals surface area contributed by atoms with Gasteiger partial charge in [-0.05, 0) is 18.4 Å². The van der Waals surface area contributed by atoms with Crippen molar-refractivity contribution >= 4 is 23.4 Å². The predicted octanol–water partition coefficient (Wildman–Crippen LogP) is 1.41. The second-order valence-electron chi connectivity index (χ2n) is 5.28. The van der Waals surface area contributed by atoms with Gasteiger partial charge in [0.15, 0.2) is 0 Å². The van der Waals surface area contributed by atoms with E-state index in [1.807, 2.05) is 0 Å². The molecule has 0 aromatic carbocycles. The van der Waals surface area contributed by atoms with Crippen molar-refractivity contribution in [1.29, 1.82) is 0 Å². The van der Waals surface area contributed by atoms with E-state index in [4.69, 9.17) is 5.11 Å². The van der Waals surface area contributed by atoms with E-state index in [1.54, 1.807) is 13.8 Å². The molecule has 0 spiro atoms. The quantitative estimate of drug-likeness (QED) is 0.355. The van der Waals surface area contributed by atoms with Gasteiger partial charge >= 0.3 is 11.7 Å². The van der Waals surface area contributed by atoms with E-state index in [-0.39, 0.29) is 36.3 Å². The van der Waals surface area contributed by atoms with Crippen LogP contribution in [-0.4, -0.2) is 39.5 Å². The highest BCUT2D eigenvalue weighted by atomic mass is 16.6. The molecule has 9 heteroatoms. The molecule has 1 unspecified atom stereocenters. The molecule has 0 bridgehead atoms. The first-order chi connectivity index (χ1) is 10.8. The predicted molar refractivity (Wildman–Crippen MR) is 83.0 cm³/mol. The fourth-order valence-electron chi connectivity index (χ4n) is 1.90. The van der Waals surface area contributed by atoms with Crippen molar-refractivity contribution in [2.45, 2.75) is 32.7 Å². The fourth-order valence-corrected chi connectivity index (χ4v) is 1.90. The molecule has 0 aliphatic carbocycles. The number of hydrogen-bond acceptors (Lipinski definition) is 6. The lowest BCUT2D eigenvalue weighted by molar-refractivity contribution is -0.384. The Bertz CT molecular complexity index is 576. The van der Waals surface area contributed by atoms with Crippen molar-refractivity contribution in [3.63, 3.8) is 0 Å². The molecule has 1 aromatic rings. The molecule has 1 aromatic heterocycles. The Kier molecular flexibility index (Phi) is 6.91. The van der Waals surface area contributed by atoms with Gasteiger partial charge in [0.25, 0.3) is 0 Å². The Morgan fingerprint density at radius 3 is 2.70 bits per heavy atom. The van der Waals surface area contributed by atoms with Crippen LogP contribution in [0, 0.1) is 16.0 Å². The summed E-state index contributed by atoms with van der Waals surface area (Å²) >= 11 is 0. The Balaban J connectivity index is 2.74. The van der Waals surface area contributed by atoms with Crippen LogP contribution in [0.3, 0.4) is 0 Å². The molecular formula is C14H20N4O5. The number of nitrogens with one attached hydrogen (secondary N) is 2. The van der Waals surface area contributed by atoms with E-state index in [1.165, 1.54) is 18.3 Å². The number of nitro groups is 1. The molecule has 1 amide bonds. The summed E-state index contributed by atoms with van der Waals surface area (Å²) in [6.45, 7) is 3.81. The zero-order valence-electron chi connectivity index (χ0n) is 13.0. The van der Waals surface area contributed by atoms with Gasteiger partial charge < -0.3 is 15.7 Å². The number of carbonyl (C=O) groups excluding carboxylic acids is 1. The van der Waals surface area contributed by atoms with Crippen LogP contribution in [0.2, 0.25) is 0 Å². The lowest BCUT2D eigenvalue weighted by Crippen LogP contribution is -2.43. The molecular weight excluding hydrogens is 304 g/mol. The largest absolute Gasteiger partial charge is 0.481 e. The van der Waals surface area contributed by atoms with Gasteiger partial charge in [0.1, 0.15) is 6.04 Å². The standard InChI is InChI=1S/C14H20N4O5/c1-9(2)12(14(21)16-8-4-6-11(19)20)17-13-10(18(22)23)5-3-7-15-13/h3,5,7,9,12H,4,6,8H2,1-2H3,(H,15,17)(H,16,21)(H,19,20). The molecule has 1 heterocycles. The molecule has 9 nitrogen and oxygen atoms in total. The number of aromatic nitrogens is 1. The average molecular weight is 324 g/mol. The van der Waals surface area contributed by atoms with E-state index in [0.29, 0.717) is 6.42 Å². The van der Waals surface area contributed by atoms with Crippen LogP contribution in [0.4, 0.5) is 11.5 Å². The monoisotopic (exact) mass is 324 g/mol. The summed E-state index contributed by atoms with van der Waals surface area (Å²) in [5.41, 5.74) is -0.211. The number of nitrogens with zero attached hydrogens (tertiary/aromatic N) is 2. The van der Waals surface area contributed by atoms with Gasteiger partial charge in [-0.25, -0.2) is 4.98 Å².